The lowest BCUT2D eigenvalue weighted by atomic mass is 10.1. The Hall–Kier alpha value is -2.29. The monoisotopic (exact) mass is 238 g/mol. The summed E-state index contributed by atoms with van der Waals surface area (Å²) in [7, 11) is 1.67. The lowest BCUT2D eigenvalue weighted by molar-refractivity contribution is 0.415. The van der Waals surface area contributed by atoms with Crippen LogP contribution >= 0.6 is 0 Å². The summed E-state index contributed by atoms with van der Waals surface area (Å²) < 4.78 is 5.16. The first kappa shape index (κ1) is 10.8. The second-order valence-electron chi connectivity index (χ2n) is 4.16. The Balaban J connectivity index is 1.96. The van der Waals surface area contributed by atoms with Crippen molar-refractivity contribution in [1.29, 1.82) is 0 Å². The first-order chi connectivity index (χ1) is 8.86. The maximum Gasteiger partial charge on any atom is 0.118 e. The van der Waals surface area contributed by atoms with Crippen LogP contribution in [0.1, 0.15) is 5.56 Å². The van der Waals surface area contributed by atoms with Gasteiger partial charge in [0.1, 0.15) is 5.75 Å². The van der Waals surface area contributed by atoms with E-state index in [-0.39, 0.29) is 0 Å². The number of aliphatic imine (C=N–C) groups is 1. The number of benzene rings is 2. The van der Waals surface area contributed by atoms with Crippen molar-refractivity contribution in [1.82, 2.24) is 0 Å². The molecule has 0 unspecified atom stereocenters. The summed E-state index contributed by atoms with van der Waals surface area (Å²) in [5, 5.41) is 3.38. The number of fused-ring (bicyclic) bond motifs is 1. The van der Waals surface area contributed by atoms with Crippen LogP contribution in [0.15, 0.2) is 53.5 Å². The largest absolute Gasteiger partial charge is 0.497 e. The number of ether oxygens (including phenoxy) is 1. The van der Waals surface area contributed by atoms with Crippen molar-refractivity contribution < 1.29 is 4.74 Å². The molecule has 0 spiro atoms. The van der Waals surface area contributed by atoms with Gasteiger partial charge in [-0.1, -0.05) is 12.1 Å². The lowest BCUT2D eigenvalue weighted by Gasteiger charge is -2.17. The Bertz CT molecular complexity index is 588. The van der Waals surface area contributed by atoms with E-state index in [1.54, 1.807) is 7.11 Å². The van der Waals surface area contributed by atoms with E-state index in [9.17, 15) is 0 Å². The molecule has 0 aromatic heterocycles. The molecule has 0 fully saturated rings. The zero-order chi connectivity index (χ0) is 12.4. The van der Waals surface area contributed by atoms with Crippen LogP contribution in [0, 0.1) is 0 Å². The second-order valence-corrected chi connectivity index (χ2v) is 4.16. The van der Waals surface area contributed by atoms with Gasteiger partial charge in [0.05, 0.1) is 30.7 Å². The van der Waals surface area contributed by atoms with Crippen LogP contribution in [-0.2, 0) is 0 Å². The highest BCUT2D eigenvalue weighted by Gasteiger charge is 2.11. The Morgan fingerprint density at radius 2 is 1.83 bits per heavy atom. The standard InChI is InChI=1S/C15H14N2O/c1-18-12-8-6-11(7-9-12)15-10-16-13-4-2-3-5-14(13)17-15/h2-9,16H,10H2,1H3. The van der Waals surface area contributed by atoms with Gasteiger partial charge in [-0.25, -0.2) is 4.99 Å². The zero-order valence-corrected chi connectivity index (χ0v) is 10.2. The van der Waals surface area contributed by atoms with Gasteiger partial charge in [0.15, 0.2) is 0 Å². The molecule has 0 radical (unpaired) electrons. The minimum Gasteiger partial charge on any atom is -0.497 e. The van der Waals surface area contributed by atoms with E-state index in [1.165, 1.54) is 0 Å². The third-order valence-electron chi connectivity index (χ3n) is 3.03. The smallest absolute Gasteiger partial charge is 0.118 e. The molecule has 1 N–H and O–H groups in total. The molecule has 2 aromatic carbocycles. The number of nitrogens with zero attached hydrogens (tertiary/aromatic N) is 1. The SMILES string of the molecule is COc1ccc(C2=Nc3ccccc3NC2)cc1. The fourth-order valence-corrected chi connectivity index (χ4v) is 2.03. The topological polar surface area (TPSA) is 33.6 Å². The van der Waals surface area contributed by atoms with Crippen LogP contribution in [0.3, 0.4) is 0 Å². The fourth-order valence-electron chi connectivity index (χ4n) is 2.03. The van der Waals surface area contributed by atoms with E-state index in [4.69, 9.17) is 4.74 Å². The van der Waals surface area contributed by atoms with Crippen LogP contribution < -0.4 is 10.1 Å². The molecule has 1 aliphatic rings. The Labute approximate surface area is 106 Å². The Morgan fingerprint density at radius 1 is 1.06 bits per heavy atom. The molecular formula is C15H14N2O. The molecule has 0 saturated heterocycles. The summed E-state index contributed by atoms with van der Waals surface area (Å²) >= 11 is 0. The molecule has 3 nitrogen and oxygen atoms in total. The first-order valence-electron chi connectivity index (χ1n) is 5.92. The third kappa shape index (κ3) is 1.95. The quantitative estimate of drug-likeness (QED) is 0.871. The van der Waals surface area contributed by atoms with Crippen molar-refractivity contribution in [2.75, 3.05) is 19.0 Å². The van der Waals surface area contributed by atoms with Crippen molar-refractivity contribution >= 4 is 17.1 Å². The van der Waals surface area contributed by atoms with Gasteiger partial charge in [-0.15, -0.1) is 0 Å². The summed E-state index contributed by atoms with van der Waals surface area (Å²) in [6, 6.07) is 16.1. The lowest BCUT2D eigenvalue weighted by Crippen LogP contribution is -2.18. The molecule has 0 saturated carbocycles. The number of para-hydroxylation sites is 2. The highest BCUT2D eigenvalue weighted by molar-refractivity contribution is 6.07. The highest BCUT2D eigenvalue weighted by Crippen LogP contribution is 2.28. The number of hydrogen-bond acceptors (Lipinski definition) is 3. The van der Waals surface area contributed by atoms with Crippen LogP contribution in [0.2, 0.25) is 0 Å². The van der Waals surface area contributed by atoms with Crippen LogP contribution in [-0.4, -0.2) is 19.4 Å². The number of hydrogen-bond donors (Lipinski definition) is 1. The molecule has 1 heterocycles. The van der Waals surface area contributed by atoms with E-state index in [0.717, 1.165) is 34.9 Å². The molecule has 0 aliphatic carbocycles. The van der Waals surface area contributed by atoms with E-state index >= 15 is 0 Å². The summed E-state index contributed by atoms with van der Waals surface area (Å²) in [5.74, 6) is 0.864. The number of nitrogens with one attached hydrogen (secondary N) is 1. The number of rotatable bonds is 2. The van der Waals surface area contributed by atoms with Crippen molar-refractivity contribution in [2.24, 2.45) is 4.99 Å². The third-order valence-corrected chi connectivity index (χ3v) is 3.03. The molecule has 0 amide bonds. The molecular weight excluding hydrogens is 224 g/mol. The molecule has 2 aromatic rings. The van der Waals surface area contributed by atoms with E-state index in [0.29, 0.717) is 0 Å². The van der Waals surface area contributed by atoms with Gasteiger partial charge in [-0.2, -0.15) is 0 Å². The van der Waals surface area contributed by atoms with E-state index < -0.39 is 0 Å². The van der Waals surface area contributed by atoms with Gasteiger partial charge in [-0.3, -0.25) is 0 Å². The van der Waals surface area contributed by atoms with Gasteiger partial charge < -0.3 is 10.1 Å². The summed E-state index contributed by atoms with van der Waals surface area (Å²) in [4.78, 5) is 4.68. The normalized spacial score (nSPS) is 13.3. The highest BCUT2D eigenvalue weighted by atomic mass is 16.5. The van der Waals surface area contributed by atoms with Crippen LogP contribution in [0.25, 0.3) is 0 Å². The van der Waals surface area contributed by atoms with Gasteiger partial charge in [0.25, 0.3) is 0 Å². The van der Waals surface area contributed by atoms with Crippen molar-refractivity contribution in [3.8, 4) is 5.75 Å². The minimum atomic E-state index is 0.753. The van der Waals surface area contributed by atoms with Crippen molar-refractivity contribution in [2.45, 2.75) is 0 Å². The fraction of sp³-hybridized carbons (Fsp3) is 0.133. The summed E-state index contributed by atoms with van der Waals surface area (Å²) in [6.45, 7) is 0.753. The predicted octanol–water partition coefficient (Wildman–Crippen LogP) is 3.24. The van der Waals surface area contributed by atoms with Gasteiger partial charge in [-0.05, 0) is 42.0 Å². The zero-order valence-electron chi connectivity index (χ0n) is 10.2. The van der Waals surface area contributed by atoms with Gasteiger partial charge in [0, 0.05) is 0 Å². The van der Waals surface area contributed by atoms with Crippen molar-refractivity contribution in [3.63, 3.8) is 0 Å². The molecule has 1 aliphatic heterocycles. The van der Waals surface area contributed by atoms with Gasteiger partial charge in [0.2, 0.25) is 0 Å². The number of anilines is 1. The van der Waals surface area contributed by atoms with Crippen LogP contribution in [0.5, 0.6) is 5.75 Å². The molecule has 3 rings (SSSR count). The van der Waals surface area contributed by atoms with Crippen LogP contribution in [0.4, 0.5) is 11.4 Å². The number of methoxy groups -OCH3 is 1. The maximum absolute atomic E-state index is 5.16. The second kappa shape index (κ2) is 4.53. The van der Waals surface area contributed by atoms with Gasteiger partial charge >= 0.3 is 0 Å². The van der Waals surface area contributed by atoms with E-state index in [1.807, 2.05) is 48.5 Å². The molecule has 18 heavy (non-hydrogen) atoms. The predicted molar refractivity (Wildman–Crippen MR) is 74.1 cm³/mol. The Kier molecular flexibility index (Phi) is 2.73. The molecule has 0 bridgehead atoms. The maximum atomic E-state index is 5.16. The summed E-state index contributed by atoms with van der Waals surface area (Å²) in [5.41, 5.74) is 4.26. The first-order valence-corrected chi connectivity index (χ1v) is 5.92. The summed E-state index contributed by atoms with van der Waals surface area (Å²) in [6.07, 6.45) is 0. The Morgan fingerprint density at radius 3 is 2.61 bits per heavy atom. The minimum absolute atomic E-state index is 0.753. The average molecular weight is 238 g/mol. The molecule has 3 heteroatoms. The molecule has 0 atom stereocenters. The average Bonchev–Trinajstić information content (AvgIpc) is 2.47. The van der Waals surface area contributed by atoms with E-state index in [2.05, 4.69) is 10.3 Å². The molecule has 90 valence electrons. The van der Waals surface area contributed by atoms with Crippen molar-refractivity contribution in [3.05, 3.63) is 54.1 Å².